The normalized spacial score (nSPS) is 31.8. The fourth-order valence-corrected chi connectivity index (χ4v) is 5.06. The third-order valence-electron chi connectivity index (χ3n) is 6.73. The van der Waals surface area contributed by atoms with Crippen LogP contribution in [0.25, 0.3) is 0 Å². The van der Waals surface area contributed by atoms with Gasteiger partial charge in [0.1, 0.15) is 11.3 Å². The Hall–Kier alpha value is -1.47. The molecule has 4 atom stereocenters. The lowest BCUT2D eigenvalue weighted by molar-refractivity contribution is -0.134. The van der Waals surface area contributed by atoms with E-state index in [2.05, 4.69) is 20.5 Å². The number of amides is 1. The second-order valence-corrected chi connectivity index (χ2v) is 9.27. The maximum absolute atomic E-state index is 12.8. The van der Waals surface area contributed by atoms with Crippen LogP contribution < -0.4 is 5.32 Å². The second-order valence-electron chi connectivity index (χ2n) is 9.27. The van der Waals surface area contributed by atoms with Crippen LogP contribution in [0.5, 0.6) is 0 Å². The van der Waals surface area contributed by atoms with Gasteiger partial charge in [0.05, 0.1) is 18.7 Å². The lowest BCUT2D eigenvalue weighted by Gasteiger charge is -2.49. The molecule has 1 amide bonds. The molecule has 4 fully saturated rings. The third-order valence-corrected chi connectivity index (χ3v) is 6.73. The van der Waals surface area contributed by atoms with Crippen LogP contribution in [0.3, 0.4) is 0 Å². The largest absolute Gasteiger partial charge is 0.384 e. The summed E-state index contributed by atoms with van der Waals surface area (Å²) in [5.74, 6) is 0.889. The Labute approximate surface area is 161 Å². The fourth-order valence-electron chi connectivity index (χ4n) is 5.06. The number of carbonyl (C=O) groups excluding carboxylic acids is 1. The van der Waals surface area contributed by atoms with Crippen molar-refractivity contribution < 1.29 is 9.90 Å². The molecule has 1 aromatic rings. The Bertz CT molecular complexity index is 662. The topological polar surface area (TPSA) is 83.3 Å². The fraction of sp³-hybridized carbons (Fsp3) is 0.850. The number of hydrogen-bond acceptors (Lipinski definition) is 5. The van der Waals surface area contributed by atoms with Gasteiger partial charge in [-0.1, -0.05) is 24.5 Å². The second kappa shape index (κ2) is 7.51. The first-order valence-corrected chi connectivity index (χ1v) is 10.6. The van der Waals surface area contributed by atoms with Crippen LogP contribution in [0.1, 0.15) is 64.5 Å². The van der Waals surface area contributed by atoms with Gasteiger partial charge in [-0.2, -0.15) is 0 Å². The van der Waals surface area contributed by atoms with Crippen LogP contribution in [0.15, 0.2) is 6.20 Å². The number of nitrogens with zero attached hydrogens (tertiary/aromatic N) is 4. The molecule has 0 spiro atoms. The van der Waals surface area contributed by atoms with Gasteiger partial charge < -0.3 is 10.4 Å². The highest BCUT2D eigenvalue weighted by molar-refractivity contribution is 5.79. The SMILES string of the molecule is CC(C)(O)c1cn(C[C@H]2C[C@@H]3CCN2C[C@@H]3C(=O)NC2CCCCC2)nn1. The molecule has 150 valence electrons. The van der Waals surface area contributed by atoms with E-state index in [1.807, 2.05) is 10.9 Å². The first-order chi connectivity index (χ1) is 12.9. The van der Waals surface area contributed by atoms with Gasteiger partial charge in [0.2, 0.25) is 5.91 Å². The zero-order valence-corrected chi connectivity index (χ0v) is 16.6. The molecule has 0 aromatic carbocycles. The van der Waals surface area contributed by atoms with Crippen LogP contribution in [-0.2, 0) is 16.9 Å². The first kappa shape index (κ1) is 18.9. The van der Waals surface area contributed by atoms with Gasteiger partial charge in [-0.25, -0.2) is 0 Å². The average Bonchev–Trinajstić information content (AvgIpc) is 3.12. The summed E-state index contributed by atoms with van der Waals surface area (Å²) in [6, 6.07) is 0.798. The van der Waals surface area contributed by atoms with Crippen LogP contribution >= 0.6 is 0 Å². The summed E-state index contributed by atoms with van der Waals surface area (Å²) >= 11 is 0. The quantitative estimate of drug-likeness (QED) is 0.818. The minimum absolute atomic E-state index is 0.139. The number of piperidine rings is 3. The third kappa shape index (κ3) is 4.19. The predicted molar refractivity (Wildman–Crippen MR) is 102 cm³/mol. The number of carbonyl (C=O) groups is 1. The number of rotatable bonds is 5. The molecule has 5 rings (SSSR count). The molecular weight excluding hydrogens is 342 g/mol. The first-order valence-electron chi connectivity index (χ1n) is 10.6. The highest BCUT2D eigenvalue weighted by atomic mass is 16.3. The van der Waals surface area contributed by atoms with E-state index in [-0.39, 0.29) is 11.8 Å². The molecule has 1 unspecified atom stereocenters. The summed E-state index contributed by atoms with van der Waals surface area (Å²) in [5.41, 5.74) is -0.366. The summed E-state index contributed by atoms with van der Waals surface area (Å²) < 4.78 is 1.84. The Kier molecular flexibility index (Phi) is 5.25. The van der Waals surface area contributed by atoms with Crippen molar-refractivity contribution in [1.82, 2.24) is 25.2 Å². The van der Waals surface area contributed by atoms with Gasteiger partial charge in [-0.15, -0.1) is 5.10 Å². The monoisotopic (exact) mass is 375 g/mol. The lowest BCUT2D eigenvalue weighted by Crippen LogP contribution is -2.58. The maximum atomic E-state index is 12.8. The van der Waals surface area contributed by atoms with Gasteiger partial charge in [0, 0.05) is 18.6 Å². The molecule has 0 radical (unpaired) electrons. The Morgan fingerprint density at radius 2 is 2.07 bits per heavy atom. The highest BCUT2D eigenvalue weighted by Gasteiger charge is 2.43. The van der Waals surface area contributed by atoms with Crippen molar-refractivity contribution >= 4 is 5.91 Å². The summed E-state index contributed by atoms with van der Waals surface area (Å²) in [6.07, 6.45) is 10.1. The molecule has 4 aliphatic rings. The van der Waals surface area contributed by atoms with Crippen molar-refractivity contribution in [3.8, 4) is 0 Å². The van der Waals surface area contributed by atoms with Crippen molar-refractivity contribution in [3.63, 3.8) is 0 Å². The van der Waals surface area contributed by atoms with Gasteiger partial charge >= 0.3 is 0 Å². The lowest BCUT2D eigenvalue weighted by atomic mass is 9.75. The Balaban J connectivity index is 1.34. The number of fused-ring (bicyclic) bond motifs is 3. The van der Waals surface area contributed by atoms with Gasteiger partial charge in [0.15, 0.2) is 0 Å². The van der Waals surface area contributed by atoms with E-state index >= 15 is 0 Å². The van der Waals surface area contributed by atoms with E-state index in [1.165, 1.54) is 19.3 Å². The van der Waals surface area contributed by atoms with E-state index in [0.29, 0.717) is 23.7 Å². The molecule has 7 nitrogen and oxygen atoms in total. The molecule has 27 heavy (non-hydrogen) atoms. The molecule has 2 bridgehead atoms. The van der Waals surface area contributed by atoms with Crippen LogP contribution in [0, 0.1) is 11.8 Å². The van der Waals surface area contributed by atoms with E-state index in [9.17, 15) is 9.90 Å². The molecule has 3 aliphatic heterocycles. The van der Waals surface area contributed by atoms with Gasteiger partial charge in [0.25, 0.3) is 0 Å². The standard InChI is InChI=1S/C20H33N5O2/c1-20(2,27)18-13-25(23-22-18)11-16-10-14-8-9-24(16)12-17(14)19(26)21-15-6-4-3-5-7-15/h13-17,27H,3-12H2,1-2H3,(H,21,26)/t14-,16+,17-/m0/s1. The van der Waals surface area contributed by atoms with Crippen molar-refractivity contribution in [2.45, 2.75) is 83.0 Å². The molecule has 4 heterocycles. The molecule has 7 heteroatoms. The van der Waals surface area contributed by atoms with Crippen LogP contribution in [-0.4, -0.2) is 56.1 Å². The van der Waals surface area contributed by atoms with Crippen molar-refractivity contribution in [3.05, 3.63) is 11.9 Å². The smallest absolute Gasteiger partial charge is 0.224 e. The number of hydrogen-bond donors (Lipinski definition) is 2. The van der Waals surface area contributed by atoms with E-state index in [0.717, 1.165) is 45.3 Å². The number of aliphatic hydroxyl groups is 1. The minimum Gasteiger partial charge on any atom is -0.384 e. The maximum Gasteiger partial charge on any atom is 0.224 e. The summed E-state index contributed by atoms with van der Waals surface area (Å²) in [5, 5.41) is 21.7. The molecule has 1 saturated carbocycles. The van der Waals surface area contributed by atoms with E-state index in [1.54, 1.807) is 13.8 Å². The van der Waals surface area contributed by atoms with Crippen LogP contribution in [0.4, 0.5) is 0 Å². The zero-order chi connectivity index (χ0) is 19.0. The van der Waals surface area contributed by atoms with Crippen molar-refractivity contribution in [2.24, 2.45) is 11.8 Å². The highest BCUT2D eigenvalue weighted by Crippen LogP contribution is 2.37. The van der Waals surface area contributed by atoms with Gasteiger partial charge in [-0.3, -0.25) is 14.4 Å². The van der Waals surface area contributed by atoms with Crippen molar-refractivity contribution in [2.75, 3.05) is 13.1 Å². The predicted octanol–water partition coefficient (Wildman–Crippen LogP) is 1.66. The molecule has 1 aliphatic carbocycles. The summed E-state index contributed by atoms with van der Waals surface area (Å²) in [4.78, 5) is 15.3. The Morgan fingerprint density at radius 3 is 2.70 bits per heavy atom. The molecule has 2 N–H and O–H groups in total. The average molecular weight is 376 g/mol. The number of nitrogens with one attached hydrogen (secondary N) is 1. The molecule has 1 aromatic heterocycles. The molecular formula is C20H33N5O2. The minimum atomic E-state index is -0.966. The number of aromatic nitrogens is 3. The van der Waals surface area contributed by atoms with Crippen molar-refractivity contribution in [1.29, 1.82) is 0 Å². The molecule has 3 saturated heterocycles. The van der Waals surface area contributed by atoms with Gasteiger partial charge in [-0.05, 0) is 52.0 Å². The summed E-state index contributed by atoms with van der Waals surface area (Å²) in [7, 11) is 0. The zero-order valence-electron chi connectivity index (χ0n) is 16.6. The van der Waals surface area contributed by atoms with E-state index in [4.69, 9.17) is 0 Å². The Morgan fingerprint density at radius 1 is 1.30 bits per heavy atom. The van der Waals surface area contributed by atoms with E-state index < -0.39 is 5.60 Å². The summed E-state index contributed by atoms with van der Waals surface area (Å²) in [6.45, 7) is 6.15. The van der Waals surface area contributed by atoms with Crippen LogP contribution in [0.2, 0.25) is 0 Å².